The highest BCUT2D eigenvalue weighted by Crippen LogP contribution is 2.20. The van der Waals surface area contributed by atoms with Gasteiger partial charge in [-0.2, -0.15) is 0 Å². The van der Waals surface area contributed by atoms with Crippen LogP contribution in [0.4, 0.5) is 5.69 Å². The summed E-state index contributed by atoms with van der Waals surface area (Å²) in [6.07, 6.45) is 0.202. The number of aromatic nitrogens is 2. The predicted octanol–water partition coefficient (Wildman–Crippen LogP) is 4.60. The summed E-state index contributed by atoms with van der Waals surface area (Å²) < 4.78 is 1.65. The number of nitro groups is 1. The van der Waals surface area contributed by atoms with E-state index in [1.165, 1.54) is 12.1 Å². The molecule has 0 aliphatic heterocycles. The molecule has 0 fully saturated rings. The van der Waals surface area contributed by atoms with Gasteiger partial charge in [-0.3, -0.25) is 14.9 Å². The summed E-state index contributed by atoms with van der Waals surface area (Å²) in [7, 11) is 0. The molecular weight excluding hydrogens is 390 g/mol. The number of non-ortho nitro benzene ring substituents is 1. The average Bonchev–Trinajstić information content (AvgIpc) is 2.72. The molecule has 0 spiro atoms. The second-order valence-corrected chi connectivity index (χ2v) is 7.04. The van der Waals surface area contributed by atoms with E-state index in [-0.39, 0.29) is 17.7 Å². The van der Waals surface area contributed by atoms with Gasteiger partial charge in [0, 0.05) is 23.6 Å². The maximum Gasteiger partial charge on any atom is 0.273 e. The fourth-order valence-corrected chi connectivity index (χ4v) is 3.48. The third-order valence-corrected chi connectivity index (χ3v) is 5.07. The Hall–Kier alpha value is -3.51. The largest absolute Gasteiger partial charge is 0.301 e. The summed E-state index contributed by atoms with van der Waals surface area (Å²) in [5.41, 5.74) is 2.95. The van der Waals surface area contributed by atoms with Crippen LogP contribution in [0.5, 0.6) is 0 Å². The van der Waals surface area contributed by atoms with Crippen molar-refractivity contribution < 1.29 is 4.92 Å². The number of halogens is 1. The molecule has 0 radical (unpaired) electrons. The molecule has 0 aliphatic carbocycles. The molecule has 4 rings (SSSR count). The van der Waals surface area contributed by atoms with Crippen LogP contribution >= 0.6 is 11.6 Å². The molecule has 3 aromatic carbocycles. The normalized spacial score (nSPS) is 10.9. The first kappa shape index (κ1) is 18.8. The Kier molecular flexibility index (Phi) is 5.10. The highest BCUT2D eigenvalue weighted by molar-refractivity contribution is 6.31. The molecule has 0 atom stereocenters. The quantitative estimate of drug-likeness (QED) is 0.359. The first-order valence-electron chi connectivity index (χ1n) is 8.98. The van der Waals surface area contributed by atoms with Gasteiger partial charge in [0.1, 0.15) is 5.69 Å². The van der Waals surface area contributed by atoms with Gasteiger partial charge < -0.3 is 4.57 Å². The molecule has 6 nitrogen and oxygen atoms in total. The van der Waals surface area contributed by atoms with Crippen LogP contribution in [-0.4, -0.2) is 14.5 Å². The lowest BCUT2D eigenvalue weighted by Gasteiger charge is -2.13. The van der Waals surface area contributed by atoms with Crippen molar-refractivity contribution in [2.45, 2.75) is 13.0 Å². The lowest BCUT2D eigenvalue weighted by Crippen LogP contribution is -2.26. The van der Waals surface area contributed by atoms with Crippen molar-refractivity contribution >= 4 is 28.3 Å². The van der Waals surface area contributed by atoms with Crippen molar-refractivity contribution in [1.82, 2.24) is 9.55 Å². The molecule has 0 unspecified atom stereocenters. The molecule has 1 aromatic heterocycles. The molecule has 144 valence electrons. The minimum atomic E-state index is -0.451. The number of fused-ring (bicyclic) bond motifs is 1. The minimum absolute atomic E-state index is 0.0142. The van der Waals surface area contributed by atoms with E-state index in [4.69, 9.17) is 11.6 Å². The second-order valence-electron chi connectivity index (χ2n) is 6.63. The summed E-state index contributed by atoms with van der Waals surface area (Å²) in [4.78, 5) is 28.4. The maximum atomic E-state index is 13.2. The van der Waals surface area contributed by atoms with Crippen molar-refractivity contribution in [2.75, 3.05) is 0 Å². The Morgan fingerprint density at radius 3 is 2.55 bits per heavy atom. The molecule has 4 aromatic rings. The third-order valence-electron chi connectivity index (χ3n) is 4.70. The van der Waals surface area contributed by atoms with E-state index < -0.39 is 4.92 Å². The van der Waals surface area contributed by atoms with Crippen molar-refractivity contribution in [1.29, 1.82) is 0 Å². The number of hydrogen-bond acceptors (Lipinski definition) is 4. The Labute approximate surface area is 171 Å². The zero-order valence-corrected chi connectivity index (χ0v) is 16.0. The SMILES string of the molecule is O=c1c(Cc2cccc([N+](=O)[O-])c2)nc2ccccc2n1Cc1ccccc1Cl. The average molecular weight is 406 g/mol. The van der Waals surface area contributed by atoms with E-state index in [9.17, 15) is 14.9 Å². The van der Waals surface area contributed by atoms with Crippen LogP contribution in [0, 0.1) is 10.1 Å². The molecule has 0 bridgehead atoms. The van der Waals surface area contributed by atoms with Gasteiger partial charge in [0.25, 0.3) is 11.2 Å². The molecule has 0 N–H and O–H groups in total. The Bertz CT molecular complexity index is 1280. The van der Waals surface area contributed by atoms with Gasteiger partial charge in [0.15, 0.2) is 0 Å². The van der Waals surface area contributed by atoms with E-state index in [0.29, 0.717) is 33.9 Å². The highest BCUT2D eigenvalue weighted by Gasteiger charge is 2.14. The Morgan fingerprint density at radius 1 is 1.00 bits per heavy atom. The van der Waals surface area contributed by atoms with E-state index in [2.05, 4.69) is 4.98 Å². The molecule has 0 aliphatic rings. The molecule has 29 heavy (non-hydrogen) atoms. The van der Waals surface area contributed by atoms with Gasteiger partial charge in [-0.1, -0.05) is 54.1 Å². The van der Waals surface area contributed by atoms with Crippen LogP contribution in [0.15, 0.2) is 77.6 Å². The minimum Gasteiger partial charge on any atom is -0.301 e. The zero-order valence-electron chi connectivity index (χ0n) is 15.3. The zero-order chi connectivity index (χ0) is 20.4. The fraction of sp³-hybridized carbons (Fsp3) is 0.0909. The van der Waals surface area contributed by atoms with E-state index in [1.807, 2.05) is 42.5 Å². The smallest absolute Gasteiger partial charge is 0.273 e. The van der Waals surface area contributed by atoms with Crippen molar-refractivity contribution in [2.24, 2.45) is 0 Å². The predicted molar refractivity (Wildman–Crippen MR) is 112 cm³/mol. The van der Waals surface area contributed by atoms with E-state index in [0.717, 1.165) is 5.56 Å². The molecule has 0 saturated heterocycles. The van der Waals surface area contributed by atoms with Crippen molar-refractivity contribution in [3.8, 4) is 0 Å². The molecular formula is C22H16ClN3O3. The molecule has 0 amide bonds. The summed E-state index contributed by atoms with van der Waals surface area (Å²) >= 11 is 6.30. The van der Waals surface area contributed by atoms with Gasteiger partial charge in [0.2, 0.25) is 0 Å². The number of benzene rings is 3. The number of nitro benzene ring substituents is 1. The van der Waals surface area contributed by atoms with Crippen LogP contribution in [0.25, 0.3) is 11.0 Å². The maximum absolute atomic E-state index is 13.2. The summed E-state index contributed by atoms with van der Waals surface area (Å²) in [6, 6.07) is 21.0. The van der Waals surface area contributed by atoms with Gasteiger partial charge in [0.05, 0.1) is 22.5 Å². The van der Waals surface area contributed by atoms with Crippen LogP contribution < -0.4 is 5.56 Å². The van der Waals surface area contributed by atoms with Gasteiger partial charge in [-0.05, 0) is 29.3 Å². The fourth-order valence-electron chi connectivity index (χ4n) is 3.29. The topological polar surface area (TPSA) is 78.0 Å². The van der Waals surface area contributed by atoms with Crippen molar-refractivity contribution in [3.05, 3.63) is 115 Å². The Balaban J connectivity index is 1.83. The van der Waals surface area contributed by atoms with Crippen molar-refractivity contribution in [3.63, 3.8) is 0 Å². The van der Waals surface area contributed by atoms with Crippen LogP contribution in [-0.2, 0) is 13.0 Å². The number of nitrogens with zero attached hydrogens (tertiary/aromatic N) is 3. The van der Waals surface area contributed by atoms with E-state index in [1.54, 1.807) is 22.8 Å². The third kappa shape index (κ3) is 3.88. The molecule has 0 saturated carbocycles. The molecule has 7 heteroatoms. The van der Waals surface area contributed by atoms with E-state index >= 15 is 0 Å². The second kappa shape index (κ2) is 7.85. The van der Waals surface area contributed by atoms with Crippen LogP contribution in [0.3, 0.4) is 0 Å². The summed E-state index contributed by atoms with van der Waals surface area (Å²) in [5.74, 6) is 0. The number of hydrogen-bond donors (Lipinski definition) is 0. The van der Waals surface area contributed by atoms with Crippen LogP contribution in [0.2, 0.25) is 5.02 Å². The first-order chi connectivity index (χ1) is 14.0. The number of rotatable bonds is 5. The van der Waals surface area contributed by atoms with Gasteiger partial charge in [-0.25, -0.2) is 4.98 Å². The van der Waals surface area contributed by atoms with Crippen LogP contribution in [0.1, 0.15) is 16.8 Å². The highest BCUT2D eigenvalue weighted by atomic mass is 35.5. The number of para-hydroxylation sites is 2. The lowest BCUT2D eigenvalue weighted by molar-refractivity contribution is -0.384. The Morgan fingerprint density at radius 2 is 1.76 bits per heavy atom. The first-order valence-corrected chi connectivity index (χ1v) is 9.36. The summed E-state index contributed by atoms with van der Waals surface area (Å²) in [6.45, 7) is 0.309. The standard InChI is InChI=1S/C22H16ClN3O3/c23-18-9-2-1-7-16(18)14-25-21-11-4-3-10-19(21)24-20(22(25)27)13-15-6-5-8-17(12-15)26(28)29/h1-12H,13-14H2. The monoisotopic (exact) mass is 405 g/mol. The van der Waals surface area contributed by atoms with Gasteiger partial charge in [-0.15, -0.1) is 0 Å². The summed E-state index contributed by atoms with van der Waals surface area (Å²) in [5, 5.41) is 11.6. The van der Waals surface area contributed by atoms with Gasteiger partial charge >= 0.3 is 0 Å². The molecule has 1 heterocycles. The lowest BCUT2D eigenvalue weighted by atomic mass is 10.1.